The van der Waals surface area contributed by atoms with Gasteiger partial charge in [0, 0.05) is 17.2 Å². The van der Waals surface area contributed by atoms with Gasteiger partial charge in [0.25, 0.3) is 0 Å². The number of halogens is 1. The highest BCUT2D eigenvalue weighted by Crippen LogP contribution is 2.40. The van der Waals surface area contributed by atoms with Crippen molar-refractivity contribution < 1.29 is 24.9 Å². The second-order valence-corrected chi connectivity index (χ2v) is 5.90. The van der Waals surface area contributed by atoms with Gasteiger partial charge in [-0.3, -0.25) is 9.59 Å². The van der Waals surface area contributed by atoms with Crippen LogP contribution < -0.4 is 0 Å². The Kier molecular flexibility index (Phi) is 2.94. The molecule has 0 heterocycles. The van der Waals surface area contributed by atoms with Crippen molar-refractivity contribution in [2.75, 3.05) is 0 Å². The van der Waals surface area contributed by atoms with Crippen LogP contribution in [0.5, 0.6) is 17.2 Å². The third-order valence-corrected chi connectivity index (χ3v) is 4.83. The normalized spacial score (nSPS) is 13.0. The second kappa shape index (κ2) is 4.45. The number of carbonyl (C=O) groups is 2. The van der Waals surface area contributed by atoms with Crippen LogP contribution in [0.4, 0.5) is 0 Å². The summed E-state index contributed by atoms with van der Waals surface area (Å²) in [5, 5.41) is 29.5. The molecule has 0 aromatic heterocycles. The van der Waals surface area contributed by atoms with Crippen molar-refractivity contribution in [3.8, 4) is 17.2 Å². The minimum Gasteiger partial charge on any atom is -0.508 e. The molecule has 1 aliphatic rings. The van der Waals surface area contributed by atoms with Crippen molar-refractivity contribution >= 4 is 34.2 Å². The fourth-order valence-electron chi connectivity index (χ4n) is 2.48. The summed E-state index contributed by atoms with van der Waals surface area (Å²) in [5.41, 5.74) is 0.377. The van der Waals surface area contributed by atoms with Gasteiger partial charge in [-0.1, -0.05) is 0 Å². The Morgan fingerprint density at radius 3 is 2.19 bits per heavy atom. The standard InChI is InChI=1S/C15H9IO5/c1-5-2-7-11(15(21)12(5)16)14(20)10-8(13(7)19)3-6(17)4-9(10)18/h2-4,17-18,21H,1H3. The van der Waals surface area contributed by atoms with E-state index in [-0.39, 0.29) is 33.8 Å². The first-order valence-corrected chi connectivity index (χ1v) is 7.08. The Morgan fingerprint density at radius 1 is 0.905 bits per heavy atom. The first-order valence-electron chi connectivity index (χ1n) is 6.00. The Balaban J connectivity index is 2.42. The first-order chi connectivity index (χ1) is 9.82. The zero-order valence-electron chi connectivity index (χ0n) is 10.8. The lowest BCUT2D eigenvalue weighted by Gasteiger charge is -2.20. The second-order valence-electron chi connectivity index (χ2n) is 4.82. The predicted molar refractivity (Wildman–Crippen MR) is 82.2 cm³/mol. The molecule has 3 rings (SSSR count). The summed E-state index contributed by atoms with van der Waals surface area (Å²) in [4.78, 5) is 25.0. The number of phenolic OH excluding ortho intramolecular Hbond substituents is 3. The lowest BCUT2D eigenvalue weighted by atomic mass is 9.82. The molecule has 0 atom stereocenters. The Hall–Kier alpha value is -2.09. The van der Waals surface area contributed by atoms with Crippen molar-refractivity contribution in [2.45, 2.75) is 6.92 Å². The molecule has 1 aliphatic carbocycles. The topological polar surface area (TPSA) is 94.8 Å². The van der Waals surface area contributed by atoms with Crippen LogP contribution in [0.15, 0.2) is 18.2 Å². The van der Waals surface area contributed by atoms with Gasteiger partial charge in [-0.15, -0.1) is 0 Å². The van der Waals surface area contributed by atoms with E-state index in [1.165, 1.54) is 6.07 Å². The molecular formula is C15H9IO5. The number of hydrogen-bond acceptors (Lipinski definition) is 5. The van der Waals surface area contributed by atoms with Crippen molar-refractivity contribution in [1.29, 1.82) is 0 Å². The number of phenols is 3. The molecule has 0 unspecified atom stereocenters. The van der Waals surface area contributed by atoms with Gasteiger partial charge < -0.3 is 15.3 Å². The minimum absolute atomic E-state index is 0.0648. The lowest BCUT2D eigenvalue weighted by molar-refractivity contribution is 0.0973. The maximum absolute atomic E-state index is 12.5. The molecule has 0 spiro atoms. The number of aryl methyl sites for hydroxylation is 1. The summed E-state index contributed by atoms with van der Waals surface area (Å²) in [6.07, 6.45) is 0. The summed E-state index contributed by atoms with van der Waals surface area (Å²) in [5.74, 6) is -2.19. The molecule has 2 aromatic carbocycles. The summed E-state index contributed by atoms with van der Waals surface area (Å²) < 4.78 is 0.481. The predicted octanol–water partition coefficient (Wildman–Crippen LogP) is 2.49. The maximum atomic E-state index is 12.5. The van der Waals surface area contributed by atoms with E-state index in [2.05, 4.69) is 0 Å². The van der Waals surface area contributed by atoms with E-state index in [9.17, 15) is 24.9 Å². The van der Waals surface area contributed by atoms with Gasteiger partial charge in [0.05, 0.1) is 14.7 Å². The third-order valence-electron chi connectivity index (χ3n) is 3.47. The van der Waals surface area contributed by atoms with Gasteiger partial charge in [-0.25, -0.2) is 0 Å². The monoisotopic (exact) mass is 396 g/mol. The highest BCUT2D eigenvalue weighted by molar-refractivity contribution is 14.1. The summed E-state index contributed by atoms with van der Waals surface area (Å²) in [6, 6.07) is 3.66. The van der Waals surface area contributed by atoms with Crippen LogP contribution in [-0.2, 0) is 0 Å². The number of benzene rings is 2. The molecule has 106 valence electrons. The van der Waals surface area contributed by atoms with Crippen molar-refractivity contribution in [1.82, 2.24) is 0 Å². The highest BCUT2D eigenvalue weighted by Gasteiger charge is 2.35. The Bertz CT molecular complexity index is 839. The van der Waals surface area contributed by atoms with Crippen LogP contribution in [0.1, 0.15) is 37.4 Å². The van der Waals surface area contributed by atoms with Gasteiger partial charge in [0.1, 0.15) is 17.2 Å². The van der Waals surface area contributed by atoms with Crippen LogP contribution in [0, 0.1) is 10.5 Å². The summed E-state index contributed by atoms with van der Waals surface area (Å²) in [6.45, 7) is 1.72. The summed E-state index contributed by atoms with van der Waals surface area (Å²) in [7, 11) is 0. The molecule has 0 radical (unpaired) electrons. The zero-order chi connectivity index (χ0) is 15.5. The van der Waals surface area contributed by atoms with Crippen LogP contribution in [0.25, 0.3) is 0 Å². The van der Waals surface area contributed by atoms with Crippen LogP contribution in [0.2, 0.25) is 0 Å². The zero-order valence-corrected chi connectivity index (χ0v) is 12.9. The molecule has 3 N–H and O–H groups in total. The molecule has 0 saturated heterocycles. The van der Waals surface area contributed by atoms with E-state index in [1.807, 2.05) is 22.6 Å². The average Bonchev–Trinajstić information content (AvgIpc) is 2.41. The van der Waals surface area contributed by atoms with Gasteiger partial charge >= 0.3 is 0 Å². The number of ketones is 2. The maximum Gasteiger partial charge on any atom is 0.202 e. The molecule has 21 heavy (non-hydrogen) atoms. The molecule has 6 heteroatoms. The smallest absolute Gasteiger partial charge is 0.202 e. The first kappa shape index (κ1) is 13.9. The molecular weight excluding hydrogens is 387 g/mol. The van der Waals surface area contributed by atoms with Gasteiger partial charge in [0.15, 0.2) is 5.78 Å². The molecule has 2 aromatic rings. The van der Waals surface area contributed by atoms with Gasteiger partial charge in [0.2, 0.25) is 5.78 Å². The van der Waals surface area contributed by atoms with E-state index in [0.717, 1.165) is 12.1 Å². The number of carbonyl (C=O) groups excluding carboxylic acids is 2. The average molecular weight is 396 g/mol. The number of aromatic hydroxyl groups is 3. The number of rotatable bonds is 0. The van der Waals surface area contributed by atoms with E-state index in [4.69, 9.17) is 0 Å². The number of hydrogen-bond donors (Lipinski definition) is 3. The van der Waals surface area contributed by atoms with E-state index >= 15 is 0 Å². The Morgan fingerprint density at radius 2 is 1.52 bits per heavy atom. The van der Waals surface area contributed by atoms with Gasteiger partial charge in [-0.2, -0.15) is 0 Å². The highest BCUT2D eigenvalue weighted by atomic mass is 127. The van der Waals surface area contributed by atoms with Crippen LogP contribution in [0.3, 0.4) is 0 Å². The molecule has 5 nitrogen and oxygen atoms in total. The number of fused-ring (bicyclic) bond motifs is 2. The van der Waals surface area contributed by atoms with Crippen molar-refractivity contribution in [3.63, 3.8) is 0 Å². The lowest BCUT2D eigenvalue weighted by Crippen LogP contribution is -2.22. The fourth-order valence-corrected chi connectivity index (χ4v) is 2.91. The van der Waals surface area contributed by atoms with E-state index in [1.54, 1.807) is 6.92 Å². The quantitative estimate of drug-likeness (QED) is 0.508. The molecule has 0 bridgehead atoms. The largest absolute Gasteiger partial charge is 0.508 e. The van der Waals surface area contributed by atoms with Gasteiger partial charge in [-0.05, 0) is 47.2 Å². The molecule has 0 aliphatic heterocycles. The minimum atomic E-state index is -0.632. The summed E-state index contributed by atoms with van der Waals surface area (Å²) >= 11 is 1.89. The molecule has 0 amide bonds. The van der Waals surface area contributed by atoms with Crippen LogP contribution >= 0.6 is 22.6 Å². The van der Waals surface area contributed by atoms with Crippen LogP contribution in [-0.4, -0.2) is 26.9 Å². The molecule has 0 saturated carbocycles. The van der Waals surface area contributed by atoms with Crippen molar-refractivity contribution in [3.05, 3.63) is 49.6 Å². The van der Waals surface area contributed by atoms with E-state index < -0.39 is 17.3 Å². The molecule has 0 fully saturated rings. The third kappa shape index (κ3) is 1.82. The SMILES string of the molecule is Cc1cc2c(c(O)c1I)C(=O)c1c(O)cc(O)cc1C2=O. The Labute approximate surface area is 133 Å². The fraction of sp³-hybridized carbons (Fsp3) is 0.0667. The van der Waals surface area contributed by atoms with Crippen molar-refractivity contribution in [2.24, 2.45) is 0 Å². The van der Waals surface area contributed by atoms with E-state index in [0.29, 0.717) is 9.13 Å².